The van der Waals surface area contributed by atoms with Gasteiger partial charge in [0.05, 0.1) is 13.2 Å². The topological polar surface area (TPSA) is 62.8 Å². The first kappa shape index (κ1) is 37.0. The molecule has 0 amide bonds. The molecule has 0 radical (unpaired) electrons. The number of nitrogens with zero attached hydrogens (tertiary/aromatic N) is 1. The van der Waals surface area contributed by atoms with Crippen LogP contribution >= 0.6 is 0 Å². The van der Waals surface area contributed by atoms with Crippen LogP contribution in [0.3, 0.4) is 0 Å². The molecule has 0 atom stereocenters. The summed E-state index contributed by atoms with van der Waals surface area (Å²) in [7, 11) is 3.88. The van der Waals surface area contributed by atoms with Crippen LogP contribution in [0.1, 0.15) is 82.1 Å². The number of allylic oxidation sites excluding steroid dienone is 6. The molecule has 3 aliphatic rings. The molecule has 0 aromatic heterocycles. The third-order valence-electron chi connectivity index (χ3n) is 8.80. The molecule has 1 saturated carbocycles. The second kappa shape index (κ2) is 19.3. The first-order valence-corrected chi connectivity index (χ1v) is 15.8. The fourth-order valence-corrected chi connectivity index (χ4v) is 6.02. The Kier molecular flexibility index (Phi) is 16.2. The van der Waals surface area contributed by atoms with Gasteiger partial charge in [0.2, 0.25) is 0 Å². The maximum absolute atomic E-state index is 13.5. The zero-order chi connectivity index (χ0) is 32.5. The van der Waals surface area contributed by atoms with Crippen LogP contribution in [0.4, 0.5) is 4.39 Å². The van der Waals surface area contributed by atoms with E-state index in [4.69, 9.17) is 15.9 Å². The molecule has 1 spiro atoms. The Balaban J connectivity index is 0.000000299. The van der Waals surface area contributed by atoms with Gasteiger partial charge in [-0.2, -0.15) is 0 Å². The molecular weight excluding hydrogens is 553 g/mol. The zero-order valence-corrected chi connectivity index (χ0v) is 27.9. The van der Waals surface area contributed by atoms with E-state index in [-0.39, 0.29) is 0 Å². The Morgan fingerprint density at radius 3 is 2.50 bits per heavy atom. The summed E-state index contributed by atoms with van der Waals surface area (Å²) in [6.07, 6.45) is 16.5. The van der Waals surface area contributed by atoms with E-state index in [9.17, 15) is 9.18 Å². The fourth-order valence-electron chi connectivity index (χ4n) is 6.02. The minimum Gasteiger partial charge on any atom is -0.493 e. The summed E-state index contributed by atoms with van der Waals surface area (Å²) in [5, 5.41) is 6.70. The SMILES string of the molecule is C#CCC.C=CC(=C\C)/C(C)=C1\OCC\C1=C(\C)NCc1cc(F)cc(C=O)c1.CNC1CC2(CCN(CCOC)CC2)C1. The zero-order valence-electron chi connectivity index (χ0n) is 27.9. The number of aldehydes is 1. The molecule has 7 heteroatoms. The van der Waals surface area contributed by atoms with E-state index in [0.717, 1.165) is 65.8 Å². The van der Waals surface area contributed by atoms with Gasteiger partial charge in [-0.3, -0.25) is 4.79 Å². The summed E-state index contributed by atoms with van der Waals surface area (Å²) in [6.45, 7) is 17.4. The summed E-state index contributed by atoms with van der Waals surface area (Å²) >= 11 is 0. The number of terminal acetylenes is 1. The smallest absolute Gasteiger partial charge is 0.150 e. The van der Waals surface area contributed by atoms with Crippen LogP contribution in [0.5, 0.6) is 0 Å². The fraction of sp³-hybridized carbons (Fsp3) is 0.541. The van der Waals surface area contributed by atoms with Crippen molar-refractivity contribution in [2.75, 3.05) is 47.0 Å². The van der Waals surface area contributed by atoms with E-state index in [1.807, 2.05) is 39.8 Å². The van der Waals surface area contributed by atoms with Crippen LogP contribution in [0, 0.1) is 23.6 Å². The number of piperidine rings is 1. The number of methoxy groups -OCH3 is 1. The highest BCUT2D eigenvalue weighted by atomic mass is 19.1. The van der Waals surface area contributed by atoms with Crippen molar-refractivity contribution >= 4 is 6.29 Å². The van der Waals surface area contributed by atoms with Gasteiger partial charge in [0.25, 0.3) is 0 Å². The molecule has 1 aromatic rings. The molecule has 2 aliphatic heterocycles. The summed E-state index contributed by atoms with van der Waals surface area (Å²) in [4.78, 5) is 13.4. The molecule has 6 nitrogen and oxygen atoms in total. The Hall–Kier alpha value is -3.18. The summed E-state index contributed by atoms with van der Waals surface area (Å²) < 4.78 is 24.5. The maximum Gasteiger partial charge on any atom is 0.150 e. The predicted molar refractivity (Wildman–Crippen MR) is 180 cm³/mol. The molecule has 0 bridgehead atoms. The average Bonchev–Trinajstić information content (AvgIpc) is 3.53. The van der Waals surface area contributed by atoms with Gasteiger partial charge >= 0.3 is 0 Å². The van der Waals surface area contributed by atoms with Crippen molar-refractivity contribution in [2.45, 2.75) is 78.8 Å². The van der Waals surface area contributed by atoms with Crippen molar-refractivity contribution in [3.63, 3.8) is 0 Å². The number of hydrogen-bond donors (Lipinski definition) is 2. The lowest BCUT2D eigenvalue weighted by molar-refractivity contribution is 0.00228. The number of likely N-dealkylation sites (tertiary alicyclic amines) is 1. The number of nitrogens with one attached hydrogen (secondary N) is 2. The van der Waals surface area contributed by atoms with Crippen molar-refractivity contribution in [1.82, 2.24) is 15.5 Å². The first-order valence-electron chi connectivity index (χ1n) is 15.8. The maximum atomic E-state index is 13.5. The Morgan fingerprint density at radius 1 is 1.27 bits per heavy atom. The van der Waals surface area contributed by atoms with Gasteiger partial charge < -0.3 is 25.0 Å². The van der Waals surface area contributed by atoms with Crippen LogP contribution in [0.25, 0.3) is 0 Å². The largest absolute Gasteiger partial charge is 0.493 e. The van der Waals surface area contributed by atoms with Crippen molar-refractivity contribution in [3.8, 4) is 12.3 Å². The van der Waals surface area contributed by atoms with Crippen molar-refractivity contribution in [3.05, 3.63) is 82.0 Å². The second-order valence-corrected chi connectivity index (χ2v) is 11.8. The van der Waals surface area contributed by atoms with Crippen LogP contribution in [-0.2, 0) is 16.0 Å². The molecule has 4 rings (SSSR count). The summed E-state index contributed by atoms with van der Waals surface area (Å²) in [5.74, 6) is 2.90. The average molecular weight is 608 g/mol. The van der Waals surface area contributed by atoms with Crippen molar-refractivity contribution in [1.29, 1.82) is 0 Å². The number of carbonyl (C=O) groups is 1. The molecule has 1 aromatic carbocycles. The van der Waals surface area contributed by atoms with Crippen molar-refractivity contribution < 1.29 is 18.7 Å². The lowest BCUT2D eigenvalue weighted by Gasteiger charge is -2.52. The second-order valence-electron chi connectivity index (χ2n) is 11.8. The summed E-state index contributed by atoms with van der Waals surface area (Å²) in [5.41, 5.74) is 5.98. The van der Waals surface area contributed by atoms with E-state index in [1.165, 1.54) is 50.9 Å². The van der Waals surface area contributed by atoms with Crippen molar-refractivity contribution in [2.24, 2.45) is 5.41 Å². The number of halogens is 1. The van der Waals surface area contributed by atoms with E-state index >= 15 is 0 Å². The number of ether oxygens (including phenoxy) is 2. The van der Waals surface area contributed by atoms with E-state index in [1.54, 1.807) is 13.2 Å². The Labute approximate surface area is 265 Å². The number of hydrogen-bond acceptors (Lipinski definition) is 6. The van der Waals surface area contributed by atoms with Gasteiger partial charge in [0.15, 0.2) is 0 Å². The highest BCUT2D eigenvalue weighted by molar-refractivity contribution is 5.75. The quantitative estimate of drug-likeness (QED) is 0.170. The predicted octanol–water partition coefficient (Wildman–Crippen LogP) is 6.95. The van der Waals surface area contributed by atoms with Gasteiger partial charge in [-0.25, -0.2) is 4.39 Å². The van der Waals surface area contributed by atoms with E-state index < -0.39 is 5.82 Å². The molecule has 3 fully saturated rings. The Morgan fingerprint density at radius 2 is 1.95 bits per heavy atom. The first-order chi connectivity index (χ1) is 21.2. The lowest BCUT2D eigenvalue weighted by Crippen LogP contribution is -2.53. The van der Waals surface area contributed by atoms with Gasteiger partial charge in [0, 0.05) is 55.9 Å². The minimum atomic E-state index is -0.406. The molecule has 1 aliphatic carbocycles. The highest BCUT2D eigenvalue weighted by Gasteiger charge is 2.44. The lowest BCUT2D eigenvalue weighted by atomic mass is 9.60. The molecule has 242 valence electrons. The molecule has 2 N–H and O–H groups in total. The minimum absolute atomic E-state index is 0.339. The number of rotatable bonds is 10. The number of carbonyl (C=O) groups excluding carboxylic acids is 1. The van der Waals surface area contributed by atoms with Crippen LogP contribution in [0.15, 0.2) is 65.1 Å². The molecule has 2 saturated heterocycles. The van der Waals surface area contributed by atoms with Crippen LogP contribution < -0.4 is 10.6 Å². The molecule has 2 heterocycles. The van der Waals surface area contributed by atoms with E-state index in [0.29, 0.717) is 30.4 Å². The van der Waals surface area contributed by atoms with E-state index in [2.05, 4.69) is 35.1 Å². The van der Waals surface area contributed by atoms with Gasteiger partial charge in [-0.05, 0) is 107 Å². The molecule has 44 heavy (non-hydrogen) atoms. The van der Waals surface area contributed by atoms with Gasteiger partial charge in [-0.1, -0.05) is 25.7 Å². The molecule has 0 unspecified atom stereocenters. The third-order valence-corrected chi connectivity index (χ3v) is 8.80. The third kappa shape index (κ3) is 11.1. The summed E-state index contributed by atoms with van der Waals surface area (Å²) in [6, 6.07) is 5.14. The van der Waals surface area contributed by atoms with Gasteiger partial charge in [0.1, 0.15) is 17.9 Å². The highest BCUT2D eigenvalue weighted by Crippen LogP contribution is 2.48. The van der Waals surface area contributed by atoms with Gasteiger partial charge in [-0.15, -0.1) is 12.3 Å². The van der Waals surface area contributed by atoms with Crippen LogP contribution in [-0.4, -0.2) is 64.2 Å². The standard InChI is InChI=1S/C21H24FNO2.C12H24N2O.C4H6/c1-5-18(6-2)14(3)21-20(7-8-25-21)15(4)23-12-16-9-17(13-24)11-19(22)10-16;1-13-11-9-12(10-11)3-5-14(6-4-12)7-8-15-2;1-3-4-2/h5-6,9-11,13,23H,1,7-8,12H2,2-4H3;11,13H,3-10H2,1-2H3;1H,4H2,2H3/b18-6+,20-15+,21-14-;;. The monoisotopic (exact) mass is 607 g/mol. The van der Waals surface area contributed by atoms with Crippen LogP contribution in [0.2, 0.25) is 0 Å². The number of benzene rings is 1. The Bertz CT molecular complexity index is 1210. The normalized spacial score (nSPS) is 20.1. The molecular formula is C37H54FN3O3.